The van der Waals surface area contributed by atoms with Crippen molar-refractivity contribution in [2.75, 3.05) is 30.7 Å². The Hall–Kier alpha value is -3.49. The number of carbonyl (C=O) groups is 2. The smallest absolute Gasteiger partial charge is 0.253 e. The van der Waals surface area contributed by atoms with Crippen molar-refractivity contribution in [3.8, 4) is 0 Å². The molecule has 0 saturated carbocycles. The van der Waals surface area contributed by atoms with E-state index in [2.05, 4.69) is 10.6 Å². The fourth-order valence-electron chi connectivity index (χ4n) is 4.73. The average molecular weight is 534 g/mol. The number of amides is 2. The molecule has 1 unspecified atom stereocenters. The van der Waals surface area contributed by atoms with Gasteiger partial charge in [0.1, 0.15) is 0 Å². The Morgan fingerprint density at radius 3 is 2.18 bits per heavy atom. The summed E-state index contributed by atoms with van der Waals surface area (Å²) in [5.74, 6) is -0.939. The van der Waals surface area contributed by atoms with E-state index in [-0.39, 0.29) is 24.1 Å². The lowest BCUT2D eigenvalue weighted by molar-refractivity contribution is -0.120. The predicted molar refractivity (Wildman–Crippen MR) is 150 cm³/mol. The molecular weight excluding hydrogens is 498 g/mol. The van der Waals surface area contributed by atoms with Crippen LogP contribution in [0.1, 0.15) is 40.7 Å². The lowest BCUT2D eigenvalue weighted by Crippen LogP contribution is -2.44. The number of hydrogen-bond donors (Lipinski definition) is 2. The van der Waals surface area contributed by atoms with Gasteiger partial charge in [-0.2, -0.15) is 0 Å². The first-order valence-corrected chi connectivity index (χ1v) is 14.8. The minimum absolute atomic E-state index is 0.0578. The molecular formula is C30H35N3O4S. The highest BCUT2D eigenvalue weighted by Crippen LogP contribution is 2.23. The number of nitrogens with zero attached hydrogens (tertiary/aromatic N) is 1. The van der Waals surface area contributed by atoms with Crippen molar-refractivity contribution in [1.29, 1.82) is 0 Å². The summed E-state index contributed by atoms with van der Waals surface area (Å²) in [5.41, 5.74) is 3.06. The van der Waals surface area contributed by atoms with Crippen molar-refractivity contribution in [3.05, 3.63) is 102 Å². The van der Waals surface area contributed by atoms with E-state index in [0.717, 1.165) is 11.1 Å². The molecule has 3 aromatic carbocycles. The first-order valence-electron chi connectivity index (χ1n) is 13.2. The molecule has 7 nitrogen and oxygen atoms in total. The van der Waals surface area contributed by atoms with Crippen LogP contribution in [0.2, 0.25) is 0 Å². The zero-order valence-corrected chi connectivity index (χ0v) is 22.3. The molecule has 1 saturated heterocycles. The predicted octanol–water partition coefficient (Wildman–Crippen LogP) is 4.27. The number of carbonyl (C=O) groups excluding carboxylic acids is 2. The summed E-state index contributed by atoms with van der Waals surface area (Å²) >= 11 is 0. The van der Waals surface area contributed by atoms with E-state index in [4.69, 9.17) is 0 Å². The van der Waals surface area contributed by atoms with Crippen LogP contribution in [-0.4, -0.2) is 49.9 Å². The Bertz CT molecular complexity index is 1310. The Morgan fingerprint density at radius 1 is 0.842 bits per heavy atom. The number of hydrogen-bond acceptors (Lipinski definition) is 4. The minimum atomic E-state index is -3.46. The summed E-state index contributed by atoms with van der Waals surface area (Å²) in [6, 6.07) is 26.6. The first kappa shape index (κ1) is 27.5. The zero-order chi connectivity index (χ0) is 26.8. The van der Waals surface area contributed by atoms with Gasteiger partial charge in [-0.3, -0.25) is 9.59 Å². The van der Waals surface area contributed by atoms with Crippen LogP contribution in [0.15, 0.2) is 84.9 Å². The summed E-state index contributed by atoms with van der Waals surface area (Å²) in [7, 11) is -3.46. The van der Waals surface area contributed by atoms with E-state index in [1.807, 2.05) is 60.7 Å². The number of para-hydroxylation sites is 1. The van der Waals surface area contributed by atoms with Crippen molar-refractivity contribution in [2.24, 2.45) is 5.92 Å². The van der Waals surface area contributed by atoms with Gasteiger partial charge in [-0.15, -0.1) is 0 Å². The maximum atomic E-state index is 13.1. The molecule has 2 N–H and O–H groups in total. The number of piperidine rings is 1. The standard InChI is InChI=1S/C30H35N3O4S/c34-29(26-16-9-21-33(23-26)38(36,37)22-10-15-24-11-3-1-4-12-24)32-28-18-8-7-17-27(28)30(35)31-20-19-25-13-5-2-6-14-25/h1-8,11-14,17-18,26H,9-10,15-16,19-23H2,(H,31,35)(H,32,34). The van der Waals surface area contributed by atoms with Crippen molar-refractivity contribution in [1.82, 2.24) is 9.62 Å². The molecule has 1 aliphatic heterocycles. The third kappa shape index (κ3) is 7.76. The van der Waals surface area contributed by atoms with Gasteiger partial charge >= 0.3 is 0 Å². The van der Waals surface area contributed by atoms with Gasteiger partial charge in [-0.1, -0.05) is 72.8 Å². The molecule has 8 heteroatoms. The second-order valence-electron chi connectivity index (χ2n) is 9.63. The number of nitrogens with one attached hydrogen (secondary N) is 2. The highest BCUT2D eigenvalue weighted by Gasteiger charge is 2.32. The average Bonchev–Trinajstić information content (AvgIpc) is 2.94. The molecule has 200 valence electrons. The largest absolute Gasteiger partial charge is 0.352 e. The molecule has 1 atom stereocenters. The highest BCUT2D eigenvalue weighted by atomic mass is 32.2. The summed E-state index contributed by atoms with van der Waals surface area (Å²) in [6.45, 7) is 1.06. The lowest BCUT2D eigenvalue weighted by atomic mass is 9.98. The molecule has 38 heavy (non-hydrogen) atoms. The second-order valence-corrected chi connectivity index (χ2v) is 11.7. The molecule has 4 rings (SSSR count). The molecule has 1 fully saturated rings. The van der Waals surface area contributed by atoms with Gasteiger partial charge in [0.05, 0.1) is 22.9 Å². The van der Waals surface area contributed by atoms with Crippen LogP contribution in [0.25, 0.3) is 0 Å². The normalized spacial score (nSPS) is 16.1. The molecule has 0 radical (unpaired) electrons. The third-order valence-corrected chi connectivity index (χ3v) is 8.75. The van der Waals surface area contributed by atoms with E-state index < -0.39 is 15.9 Å². The topological polar surface area (TPSA) is 95.6 Å². The van der Waals surface area contributed by atoms with E-state index in [1.165, 1.54) is 4.31 Å². The molecule has 0 spiro atoms. The SMILES string of the molecule is O=C(NCCc1ccccc1)c1ccccc1NC(=O)C1CCCN(S(=O)(=O)CCCc2ccccc2)C1. The monoisotopic (exact) mass is 533 g/mol. The van der Waals surface area contributed by atoms with Crippen LogP contribution < -0.4 is 10.6 Å². The van der Waals surface area contributed by atoms with Crippen molar-refractivity contribution >= 4 is 27.5 Å². The van der Waals surface area contributed by atoms with Gasteiger partial charge < -0.3 is 10.6 Å². The van der Waals surface area contributed by atoms with E-state index in [0.29, 0.717) is 56.4 Å². The van der Waals surface area contributed by atoms with Crippen LogP contribution in [-0.2, 0) is 27.7 Å². The fourth-order valence-corrected chi connectivity index (χ4v) is 6.31. The molecule has 0 aromatic heterocycles. The third-order valence-electron chi connectivity index (χ3n) is 6.83. The Kier molecular flexibility index (Phi) is 9.67. The number of aryl methyl sites for hydroxylation is 1. The maximum Gasteiger partial charge on any atom is 0.253 e. The zero-order valence-electron chi connectivity index (χ0n) is 21.5. The quantitative estimate of drug-likeness (QED) is 0.385. The van der Waals surface area contributed by atoms with Crippen molar-refractivity contribution in [2.45, 2.75) is 32.1 Å². The molecule has 1 heterocycles. The Balaban J connectivity index is 1.31. The highest BCUT2D eigenvalue weighted by molar-refractivity contribution is 7.89. The van der Waals surface area contributed by atoms with E-state index in [1.54, 1.807) is 24.3 Å². The number of sulfonamides is 1. The minimum Gasteiger partial charge on any atom is -0.352 e. The maximum absolute atomic E-state index is 13.1. The molecule has 1 aliphatic rings. The summed E-state index contributed by atoms with van der Waals surface area (Å²) in [5, 5.41) is 5.81. The molecule has 0 aliphatic carbocycles. The van der Waals surface area contributed by atoms with Gasteiger partial charge in [0.25, 0.3) is 5.91 Å². The fraction of sp³-hybridized carbons (Fsp3) is 0.333. The van der Waals surface area contributed by atoms with Gasteiger partial charge in [0.15, 0.2) is 0 Å². The Morgan fingerprint density at radius 2 is 1.47 bits per heavy atom. The summed E-state index contributed by atoms with van der Waals surface area (Å²) in [6.07, 6.45) is 3.16. The van der Waals surface area contributed by atoms with Gasteiger partial charge in [-0.25, -0.2) is 12.7 Å². The van der Waals surface area contributed by atoms with E-state index >= 15 is 0 Å². The van der Waals surface area contributed by atoms with Gasteiger partial charge in [-0.05, 0) is 55.4 Å². The van der Waals surface area contributed by atoms with Gasteiger partial charge in [0, 0.05) is 19.6 Å². The van der Waals surface area contributed by atoms with Crippen LogP contribution in [0.3, 0.4) is 0 Å². The number of anilines is 1. The molecule has 2 amide bonds. The lowest BCUT2D eigenvalue weighted by Gasteiger charge is -2.31. The molecule has 3 aromatic rings. The van der Waals surface area contributed by atoms with Crippen molar-refractivity contribution < 1.29 is 18.0 Å². The van der Waals surface area contributed by atoms with Gasteiger partial charge in [0.2, 0.25) is 15.9 Å². The van der Waals surface area contributed by atoms with Crippen LogP contribution in [0.4, 0.5) is 5.69 Å². The molecule has 0 bridgehead atoms. The first-order chi connectivity index (χ1) is 18.4. The number of benzene rings is 3. The summed E-state index contributed by atoms with van der Waals surface area (Å²) < 4.78 is 27.4. The van der Waals surface area contributed by atoms with Crippen LogP contribution in [0.5, 0.6) is 0 Å². The van der Waals surface area contributed by atoms with E-state index in [9.17, 15) is 18.0 Å². The Labute approximate surface area is 225 Å². The van der Waals surface area contributed by atoms with Crippen LogP contribution in [0, 0.1) is 5.92 Å². The number of rotatable bonds is 11. The van der Waals surface area contributed by atoms with Crippen molar-refractivity contribution in [3.63, 3.8) is 0 Å². The van der Waals surface area contributed by atoms with Crippen LogP contribution >= 0.6 is 0 Å². The summed E-state index contributed by atoms with van der Waals surface area (Å²) in [4.78, 5) is 26.0. The second kappa shape index (κ2) is 13.3.